The first kappa shape index (κ1) is 27.9. The summed E-state index contributed by atoms with van der Waals surface area (Å²) in [6.07, 6.45) is -2.08. The first-order chi connectivity index (χ1) is 17.2. The molecule has 0 aliphatic carbocycles. The van der Waals surface area contributed by atoms with Crippen LogP contribution in [0.25, 0.3) is 0 Å². The summed E-state index contributed by atoms with van der Waals surface area (Å²) in [5.74, 6) is -0.196. The van der Waals surface area contributed by atoms with Crippen LogP contribution in [0.4, 0.5) is 0 Å². The molecular formula is C25H37N3O8. The maximum absolute atomic E-state index is 12.9. The van der Waals surface area contributed by atoms with E-state index < -0.39 is 29.8 Å². The van der Waals surface area contributed by atoms with Crippen molar-refractivity contribution in [3.05, 3.63) is 29.8 Å². The van der Waals surface area contributed by atoms with Crippen molar-refractivity contribution < 1.29 is 38.4 Å². The number of carbonyl (C=O) groups is 3. The lowest BCUT2D eigenvalue weighted by molar-refractivity contribution is -0.258. The minimum atomic E-state index is -1.26. The molecule has 1 aromatic carbocycles. The van der Waals surface area contributed by atoms with Crippen molar-refractivity contribution in [3.8, 4) is 5.75 Å². The van der Waals surface area contributed by atoms with Crippen LogP contribution in [0.15, 0.2) is 24.3 Å². The number of hydrogen-bond acceptors (Lipinski definition) is 8. The molecule has 0 aromatic heterocycles. The van der Waals surface area contributed by atoms with Crippen molar-refractivity contribution in [1.82, 2.24) is 15.5 Å². The van der Waals surface area contributed by atoms with E-state index in [4.69, 9.17) is 18.9 Å². The number of rotatable bonds is 11. The first-order valence-electron chi connectivity index (χ1n) is 12.2. The minimum absolute atomic E-state index is 0.0599. The molecule has 0 radical (unpaired) electrons. The van der Waals surface area contributed by atoms with Crippen LogP contribution in [-0.2, 0) is 28.6 Å². The van der Waals surface area contributed by atoms with Gasteiger partial charge in [-0.3, -0.25) is 14.4 Å². The molecular weight excluding hydrogens is 470 g/mol. The molecule has 2 unspecified atom stereocenters. The minimum Gasteiger partial charge on any atom is -0.497 e. The van der Waals surface area contributed by atoms with Crippen molar-refractivity contribution in [2.45, 2.75) is 45.2 Å². The molecule has 0 spiro atoms. The first-order valence-corrected chi connectivity index (χ1v) is 12.2. The summed E-state index contributed by atoms with van der Waals surface area (Å²) in [7, 11) is 1.59. The van der Waals surface area contributed by atoms with Gasteiger partial charge in [0.15, 0.2) is 6.29 Å². The van der Waals surface area contributed by atoms with E-state index >= 15 is 0 Å². The van der Waals surface area contributed by atoms with Crippen LogP contribution in [0.1, 0.15) is 38.5 Å². The Labute approximate surface area is 211 Å². The maximum atomic E-state index is 12.9. The van der Waals surface area contributed by atoms with Gasteiger partial charge in [0, 0.05) is 37.2 Å². The van der Waals surface area contributed by atoms with Crippen molar-refractivity contribution in [2.24, 2.45) is 5.41 Å². The monoisotopic (exact) mass is 507 g/mol. The third-order valence-electron chi connectivity index (χ3n) is 6.21. The predicted molar refractivity (Wildman–Crippen MR) is 129 cm³/mol. The van der Waals surface area contributed by atoms with Gasteiger partial charge in [0.25, 0.3) is 0 Å². The number of aliphatic hydroxyl groups excluding tert-OH is 1. The van der Waals surface area contributed by atoms with Gasteiger partial charge in [-0.15, -0.1) is 0 Å². The van der Waals surface area contributed by atoms with Crippen molar-refractivity contribution in [1.29, 1.82) is 0 Å². The fourth-order valence-electron chi connectivity index (χ4n) is 4.01. The number of methoxy groups -OCH3 is 1. The number of aliphatic hydroxyl groups is 1. The van der Waals surface area contributed by atoms with E-state index in [-0.39, 0.29) is 31.4 Å². The van der Waals surface area contributed by atoms with Crippen LogP contribution in [0.2, 0.25) is 0 Å². The van der Waals surface area contributed by atoms with Crippen molar-refractivity contribution in [3.63, 3.8) is 0 Å². The molecule has 3 atom stereocenters. The van der Waals surface area contributed by atoms with Gasteiger partial charge in [-0.1, -0.05) is 26.0 Å². The molecule has 2 aliphatic rings. The van der Waals surface area contributed by atoms with Gasteiger partial charge in [0.05, 0.1) is 20.3 Å². The molecule has 2 aliphatic heterocycles. The zero-order chi connectivity index (χ0) is 26.1. The van der Waals surface area contributed by atoms with Gasteiger partial charge in [-0.25, -0.2) is 0 Å². The Kier molecular flexibility index (Phi) is 10.1. The third kappa shape index (κ3) is 7.63. The molecule has 2 heterocycles. The lowest BCUT2D eigenvalue weighted by atomic mass is 9.85. The Morgan fingerprint density at radius 3 is 2.67 bits per heavy atom. The van der Waals surface area contributed by atoms with Crippen molar-refractivity contribution >= 4 is 17.7 Å². The summed E-state index contributed by atoms with van der Waals surface area (Å²) in [5, 5.41) is 15.6. The Balaban J connectivity index is 1.39. The van der Waals surface area contributed by atoms with Crippen LogP contribution in [0, 0.1) is 5.41 Å². The molecule has 11 heteroatoms. The molecule has 0 saturated carbocycles. The number of carbonyl (C=O) groups excluding carboxylic acids is 3. The topological polar surface area (TPSA) is 136 Å². The van der Waals surface area contributed by atoms with Gasteiger partial charge in [-0.05, 0) is 25.0 Å². The van der Waals surface area contributed by atoms with E-state index in [1.165, 1.54) is 0 Å². The molecule has 200 valence electrons. The molecule has 2 fully saturated rings. The molecule has 3 rings (SSSR count). The van der Waals surface area contributed by atoms with Gasteiger partial charge < -0.3 is 39.6 Å². The second-order valence-electron chi connectivity index (χ2n) is 9.59. The lowest BCUT2D eigenvalue weighted by Gasteiger charge is -2.41. The molecule has 3 N–H and O–H groups in total. The summed E-state index contributed by atoms with van der Waals surface area (Å²) in [6, 6.07) is 7.24. The van der Waals surface area contributed by atoms with E-state index in [0.29, 0.717) is 45.0 Å². The Morgan fingerprint density at radius 1 is 1.22 bits per heavy atom. The Bertz CT molecular complexity index is 892. The standard InChI is InChI=1S/C25H37N3O8/c1-25(2)16-35-24(17-5-7-18(33-3)8-6-17)36-21(25)23(32)27-11-9-19(29)22(31)26-10-4-12-28-13-14-34-15-20(28)30/h5-8,19,21,24,29H,4,9-16H2,1-3H3,(H,26,31)(H,27,32)/t19?,21-,24?/m0/s1. The normalized spacial score (nSPS) is 22.6. The van der Waals surface area contributed by atoms with E-state index in [1.807, 2.05) is 26.0 Å². The summed E-state index contributed by atoms with van der Waals surface area (Å²) < 4.78 is 22.1. The van der Waals surface area contributed by atoms with Crippen LogP contribution in [0.3, 0.4) is 0 Å². The molecule has 1 aromatic rings. The number of nitrogens with zero attached hydrogens (tertiary/aromatic N) is 1. The zero-order valence-electron chi connectivity index (χ0n) is 21.2. The van der Waals surface area contributed by atoms with Gasteiger partial charge in [-0.2, -0.15) is 0 Å². The number of morpholine rings is 1. The fraction of sp³-hybridized carbons (Fsp3) is 0.640. The average Bonchev–Trinajstić information content (AvgIpc) is 2.87. The highest BCUT2D eigenvalue weighted by Crippen LogP contribution is 2.36. The largest absolute Gasteiger partial charge is 0.497 e. The number of ether oxygens (including phenoxy) is 4. The third-order valence-corrected chi connectivity index (χ3v) is 6.21. The summed E-state index contributed by atoms with van der Waals surface area (Å²) in [6.45, 7) is 6.21. The Morgan fingerprint density at radius 2 is 1.97 bits per heavy atom. The number of nitrogens with one attached hydrogen (secondary N) is 2. The SMILES string of the molecule is COc1ccc(C2OCC(C)(C)[C@H](C(=O)NCCC(O)C(=O)NCCCN3CCOCC3=O)O2)cc1. The van der Waals surface area contributed by atoms with Gasteiger partial charge >= 0.3 is 0 Å². The number of amides is 3. The van der Waals surface area contributed by atoms with E-state index in [1.54, 1.807) is 24.1 Å². The van der Waals surface area contributed by atoms with E-state index in [2.05, 4.69) is 10.6 Å². The number of benzene rings is 1. The molecule has 11 nitrogen and oxygen atoms in total. The van der Waals surface area contributed by atoms with Gasteiger partial charge in [0.1, 0.15) is 24.6 Å². The molecule has 3 amide bonds. The number of hydrogen-bond donors (Lipinski definition) is 3. The summed E-state index contributed by atoms with van der Waals surface area (Å²) >= 11 is 0. The smallest absolute Gasteiger partial charge is 0.249 e. The van der Waals surface area contributed by atoms with Crippen LogP contribution >= 0.6 is 0 Å². The van der Waals surface area contributed by atoms with Crippen LogP contribution < -0.4 is 15.4 Å². The summed E-state index contributed by atoms with van der Waals surface area (Å²) in [5.41, 5.74) is 0.208. The second kappa shape index (κ2) is 13.0. The molecule has 2 saturated heterocycles. The molecule has 36 heavy (non-hydrogen) atoms. The van der Waals surface area contributed by atoms with Crippen LogP contribution in [-0.4, -0.2) is 93.0 Å². The quantitative estimate of drug-likeness (QED) is 0.366. The average molecular weight is 508 g/mol. The highest BCUT2D eigenvalue weighted by molar-refractivity contribution is 5.82. The molecule has 0 bridgehead atoms. The lowest BCUT2D eigenvalue weighted by Crippen LogP contribution is -2.52. The van der Waals surface area contributed by atoms with E-state index in [9.17, 15) is 19.5 Å². The predicted octanol–water partition coefficient (Wildman–Crippen LogP) is 0.368. The highest BCUT2D eigenvalue weighted by atomic mass is 16.7. The highest BCUT2D eigenvalue weighted by Gasteiger charge is 2.43. The maximum Gasteiger partial charge on any atom is 0.249 e. The fourth-order valence-corrected chi connectivity index (χ4v) is 4.01. The second-order valence-corrected chi connectivity index (χ2v) is 9.59. The van der Waals surface area contributed by atoms with Crippen LogP contribution in [0.5, 0.6) is 5.75 Å². The zero-order valence-corrected chi connectivity index (χ0v) is 21.2. The van der Waals surface area contributed by atoms with Gasteiger partial charge in [0.2, 0.25) is 17.7 Å². The van der Waals surface area contributed by atoms with Crippen molar-refractivity contribution in [2.75, 3.05) is 53.1 Å². The Hall–Kier alpha value is -2.73. The van der Waals surface area contributed by atoms with E-state index in [0.717, 1.165) is 5.56 Å². The summed E-state index contributed by atoms with van der Waals surface area (Å²) in [4.78, 5) is 38.4.